The summed E-state index contributed by atoms with van der Waals surface area (Å²) in [4.78, 5) is 8.79. The highest BCUT2D eigenvalue weighted by atomic mass is 19.1. The van der Waals surface area contributed by atoms with E-state index in [0.29, 0.717) is 28.6 Å². The molecule has 20 heavy (non-hydrogen) atoms. The van der Waals surface area contributed by atoms with Gasteiger partial charge in [0.05, 0.1) is 12.8 Å². The summed E-state index contributed by atoms with van der Waals surface area (Å²) in [5.41, 5.74) is 1.02. The minimum absolute atomic E-state index is 0.354. The lowest BCUT2D eigenvalue weighted by molar-refractivity contribution is 0.411. The van der Waals surface area contributed by atoms with Crippen LogP contribution in [0, 0.1) is 5.82 Å². The van der Waals surface area contributed by atoms with Gasteiger partial charge in [-0.1, -0.05) is 6.92 Å². The average Bonchev–Trinajstić information content (AvgIpc) is 2.47. The molecule has 2 aromatic rings. The third-order valence-electron chi connectivity index (χ3n) is 2.95. The van der Waals surface area contributed by atoms with Crippen molar-refractivity contribution in [2.24, 2.45) is 0 Å². The van der Waals surface area contributed by atoms with E-state index in [0.717, 1.165) is 12.8 Å². The number of rotatable bonds is 5. The van der Waals surface area contributed by atoms with Gasteiger partial charge in [0.15, 0.2) is 0 Å². The standard InChI is InChI=1S/C15H18FN3O/c1-4-5-14-18-13(9-15(17-2)19-14)11-7-6-10(20-3)8-12(11)16/h6-9H,4-5H2,1-3H3,(H,17,18,19). The summed E-state index contributed by atoms with van der Waals surface area (Å²) in [7, 11) is 3.30. The summed E-state index contributed by atoms with van der Waals surface area (Å²) < 4.78 is 19.1. The molecule has 0 aliphatic rings. The number of aryl methyl sites for hydroxylation is 1. The Morgan fingerprint density at radius 2 is 2.05 bits per heavy atom. The fraction of sp³-hybridized carbons (Fsp3) is 0.333. The number of anilines is 1. The summed E-state index contributed by atoms with van der Waals surface area (Å²) in [6.45, 7) is 2.06. The molecule has 1 aromatic carbocycles. The lowest BCUT2D eigenvalue weighted by atomic mass is 10.1. The summed E-state index contributed by atoms with van der Waals surface area (Å²) in [5.74, 6) is 1.54. The van der Waals surface area contributed by atoms with Gasteiger partial charge < -0.3 is 10.1 Å². The van der Waals surface area contributed by atoms with Crippen molar-refractivity contribution in [1.82, 2.24) is 9.97 Å². The van der Waals surface area contributed by atoms with Crippen molar-refractivity contribution in [3.63, 3.8) is 0 Å². The van der Waals surface area contributed by atoms with Gasteiger partial charge in [-0.3, -0.25) is 0 Å². The maximum Gasteiger partial charge on any atom is 0.136 e. The fourth-order valence-electron chi connectivity index (χ4n) is 1.93. The van der Waals surface area contributed by atoms with Crippen molar-refractivity contribution in [2.45, 2.75) is 19.8 Å². The summed E-state index contributed by atoms with van der Waals surface area (Å²) >= 11 is 0. The molecular formula is C15H18FN3O. The average molecular weight is 275 g/mol. The van der Waals surface area contributed by atoms with E-state index in [1.54, 1.807) is 25.2 Å². The maximum atomic E-state index is 14.1. The van der Waals surface area contributed by atoms with Gasteiger partial charge in [0.1, 0.15) is 23.2 Å². The van der Waals surface area contributed by atoms with Gasteiger partial charge in [0.2, 0.25) is 0 Å². The first-order chi connectivity index (χ1) is 9.67. The monoisotopic (exact) mass is 275 g/mol. The second-order valence-electron chi connectivity index (χ2n) is 4.40. The highest BCUT2D eigenvalue weighted by Crippen LogP contribution is 2.26. The van der Waals surface area contributed by atoms with Crippen LogP contribution in [0.15, 0.2) is 24.3 Å². The van der Waals surface area contributed by atoms with E-state index >= 15 is 0 Å². The second kappa shape index (κ2) is 6.32. The van der Waals surface area contributed by atoms with Gasteiger partial charge in [-0.15, -0.1) is 0 Å². The Morgan fingerprint density at radius 1 is 1.25 bits per heavy atom. The van der Waals surface area contributed by atoms with Crippen molar-refractivity contribution < 1.29 is 9.13 Å². The van der Waals surface area contributed by atoms with Gasteiger partial charge in [-0.05, 0) is 18.6 Å². The number of methoxy groups -OCH3 is 1. The van der Waals surface area contributed by atoms with Gasteiger partial charge >= 0.3 is 0 Å². The van der Waals surface area contributed by atoms with Crippen LogP contribution < -0.4 is 10.1 Å². The smallest absolute Gasteiger partial charge is 0.136 e. The molecule has 1 heterocycles. The lowest BCUT2D eigenvalue weighted by Gasteiger charge is -2.09. The highest BCUT2D eigenvalue weighted by Gasteiger charge is 2.11. The van der Waals surface area contributed by atoms with E-state index in [1.807, 2.05) is 0 Å². The van der Waals surface area contributed by atoms with Crippen LogP contribution in [0.5, 0.6) is 5.75 Å². The van der Waals surface area contributed by atoms with E-state index in [1.165, 1.54) is 13.2 Å². The largest absolute Gasteiger partial charge is 0.497 e. The van der Waals surface area contributed by atoms with Crippen molar-refractivity contribution in [1.29, 1.82) is 0 Å². The molecule has 0 unspecified atom stereocenters. The predicted octanol–water partition coefficient (Wildman–Crippen LogP) is 3.29. The molecular weight excluding hydrogens is 257 g/mol. The molecule has 106 valence electrons. The Hall–Kier alpha value is -2.17. The Balaban J connectivity index is 2.48. The third-order valence-corrected chi connectivity index (χ3v) is 2.95. The lowest BCUT2D eigenvalue weighted by Crippen LogP contribution is -2.02. The van der Waals surface area contributed by atoms with Crippen LogP contribution in [0.4, 0.5) is 10.2 Å². The third kappa shape index (κ3) is 3.04. The minimum atomic E-state index is -0.354. The molecule has 0 saturated carbocycles. The Labute approximate surface area is 118 Å². The highest BCUT2D eigenvalue weighted by molar-refractivity contribution is 5.64. The van der Waals surface area contributed by atoms with Crippen molar-refractivity contribution in [3.05, 3.63) is 35.9 Å². The normalized spacial score (nSPS) is 10.4. The van der Waals surface area contributed by atoms with Crippen LogP contribution in [-0.2, 0) is 6.42 Å². The number of nitrogens with zero attached hydrogens (tertiary/aromatic N) is 2. The number of hydrogen-bond donors (Lipinski definition) is 1. The molecule has 0 saturated heterocycles. The van der Waals surface area contributed by atoms with Gasteiger partial charge in [-0.25, -0.2) is 14.4 Å². The van der Waals surface area contributed by atoms with Crippen LogP contribution in [0.1, 0.15) is 19.2 Å². The quantitative estimate of drug-likeness (QED) is 0.909. The molecule has 0 aliphatic heterocycles. The summed E-state index contributed by atoms with van der Waals surface area (Å²) in [6.07, 6.45) is 1.71. The predicted molar refractivity (Wildman–Crippen MR) is 77.5 cm³/mol. The summed E-state index contributed by atoms with van der Waals surface area (Å²) in [6, 6.07) is 6.49. The van der Waals surface area contributed by atoms with Crippen LogP contribution >= 0.6 is 0 Å². The first kappa shape index (κ1) is 14.2. The minimum Gasteiger partial charge on any atom is -0.497 e. The van der Waals surface area contributed by atoms with Crippen LogP contribution in [0.3, 0.4) is 0 Å². The van der Waals surface area contributed by atoms with Crippen LogP contribution in [0.2, 0.25) is 0 Å². The van der Waals surface area contributed by atoms with E-state index in [-0.39, 0.29) is 5.82 Å². The molecule has 2 rings (SSSR count). The van der Waals surface area contributed by atoms with Gasteiger partial charge in [-0.2, -0.15) is 0 Å². The zero-order chi connectivity index (χ0) is 14.5. The molecule has 0 spiro atoms. The molecule has 5 heteroatoms. The van der Waals surface area contributed by atoms with Gasteiger partial charge in [0, 0.05) is 31.2 Å². The zero-order valence-corrected chi connectivity index (χ0v) is 11.9. The number of hydrogen-bond acceptors (Lipinski definition) is 4. The zero-order valence-electron chi connectivity index (χ0n) is 11.9. The second-order valence-corrected chi connectivity index (χ2v) is 4.40. The van der Waals surface area contributed by atoms with Crippen molar-refractivity contribution >= 4 is 5.82 Å². The number of benzene rings is 1. The van der Waals surface area contributed by atoms with E-state index in [9.17, 15) is 4.39 Å². The number of aromatic nitrogens is 2. The van der Waals surface area contributed by atoms with E-state index in [4.69, 9.17) is 4.74 Å². The van der Waals surface area contributed by atoms with Crippen LogP contribution in [-0.4, -0.2) is 24.1 Å². The summed E-state index contributed by atoms with van der Waals surface area (Å²) in [5, 5.41) is 2.98. The first-order valence-corrected chi connectivity index (χ1v) is 6.57. The molecule has 4 nitrogen and oxygen atoms in total. The SMILES string of the molecule is CCCc1nc(NC)cc(-c2ccc(OC)cc2F)n1. The molecule has 0 aliphatic carbocycles. The van der Waals surface area contributed by atoms with Crippen LogP contribution in [0.25, 0.3) is 11.3 Å². The van der Waals surface area contributed by atoms with Crippen molar-refractivity contribution in [2.75, 3.05) is 19.5 Å². The molecule has 0 bridgehead atoms. The molecule has 0 amide bonds. The van der Waals surface area contributed by atoms with E-state index in [2.05, 4.69) is 22.2 Å². The Bertz CT molecular complexity index is 602. The molecule has 1 N–H and O–H groups in total. The number of halogens is 1. The topological polar surface area (TPSA) is 47.0 Å². The fourth-order valence-corrected chi connectivity index (χ4v) is 1.93. The Kier molecular flexibility index (Phi) is 4.50. The van der Waals surface area contributed by atoms with E-state index < -0.39 is 0 Å². The first-order valence-electron chi connectivity index (χ1n) is 6.57. The molecule has 0 atom stereocenters. The molecule has 0 fully saturated rings. The maximum absolute atomic E-state index is 14.1. The molecule has 0 radical (unpaired) electrons. The number of ether oxygens (including phenoxy) is 1. The Morgan fingerprint density at radius 3 is 2.65 bits per heavy atom. The van der Waals surface area contributed by atoms with Crippen molar-refractivity contribution in [3.8, 4) is 17.0 Å². The molecule has 1 aromatic heterocycles. The number of nitrogens with one attached hydrogen (secondary N) is 1. The van der Waals surface area contributed by atoms with Gasteiger partial charge in [0.25, 0.3) is 0 Å².